The maximum Gasteiger partial charge on any atom is 0.257 e. The topological polar surface area (TPSA) is 70.7 Å². The first-order valence-electron chi connectivity index (χ1n) is 8.44. The maximum absolute atomic E-state index is 12.7. The zero-order valence-electron chi connectivity index (χ0n) is 14.4. The first-order chi connectivity index (χ1) is 12.7. The van der Waals surface area contributed by atoms with Crippen LogP contribution in [0.2, 0.25) is 0 Å². The van der Waals surface area contributed by atoms with Crippen LogP contribution in [0.25, 0.3) is 11.0 Å². The Morgan fingerprint density at radius 3 is 2.69 bits per heavy atom. The number of amides is 1. The van der Waals surface area contributed by atoms with Gasteiger partial charge in [-0.2, -0.15) is 5.10 Å². The van der Waals surface area contributed by atoms with Gasteiger partial charge in [0.2, 0.25) is 0 Å². The average molecular weight is 342 g/mol. The van der Waals surface area contributed by atoms with Gasteiger partial charge in [-0.25, -0.2) is 4.98 Å². The molecule has 0 saturated carbocycles. The number of anilines is 1. The molecule has 1 amide bonds. The van der Waals surface area contributed by atoms with Crippen LogP contribution in [0.1, 0.15) is 27.2 Å². The molecule has 0 fully saturated rings. The van der Waals surface area contributed by atoms with Crippen molar-refractivity contribution in [3.8, 4) is 0 Å². The molecular weight excluding hydrogens is 324 g/mol. The van der Waals surface area contributed by atoms with Crippen molar-refractivity contribution in [2.45, 2.75) is 13.3 Å². The Hall–Kier alpha value is -3.47. The first-order valence-corrected chi connectivity index (χ1v) is 8.44. The molecule has 0 aliphatic rings. The summed E-state index contributed by atoms with van der Waals surface area (Å²) in [4.78, 5) is 17.0. The van der Waals surface area contributed by atoms with Crippen molar-refractivity contribution in [1.82, 2.24) is 15.2 Å². The van der Waals surface area contributed by atoms with E-state index in [1.807, 2.05) is 55.5 Å². The highest BCUT2D eigenvalue weighted by Crippen LogP contribution is 2.21. The molecule has 0 unspecified atom stereocenters. The van der Waals surface area contributed by atoms with Gasteiger partial charge in [0.15, 0.2) is 5.65 Å². The molecule has 2 N–H and O–H groups in total. The summed E-state index contributed by atoms with van der Waals surface area (Å²) in [6, 6.07) is 19.9. The number of carbonyl (C=O) groups excluding carboxylic acids is 1. The fourth-order valence-electron chi connectivity index (χ4n) is 2.95. The average Bonchev–Trinajstić information content (AvgIpc) is 3.04. The Labute approximate surface area is 151 Å². The van der Waals surface area contributed by atoms with E-state index in [0.29, 0.717) is 11.2 Å². The molecule has 0 spiro atoms. The highest BCUT2D eigenvalue weighted by Gasteiger charge is 2.12. The van der Waals surface area contributed by atoms with Gasteiger partial charge < -0.3 is 5.32 Å². The van der Waals surface area contributed by atoms with Crippen molar-refractivity contribution in [2.75, 3.05) is 5.32 Å². The van der Waals surface area contributed by atoms with Crippen LogP contribution >= 0.6 is 0 Å². The summed E-state index contributed by atoms with van der Waals surface area (Å²) >= 11 is 0. The zero-order chi connectivity index (χ0) is 17.9. The lowest BCUT2D eigenvalue weighted by Crippen LogP contribution is -2.13. The van der Waals surface area contributed by atoms with Crippen molar-refractivity contribution in [3.05, 3.63) is 89.2 Å². The number of carbonyl (C=O) groups is 1. The van der Waals surface area contributed by atoms with Gasteiger partial charge in [-0.05, 0) is 36.6 Å². The van der Waals surface area contributed by atoms with Crippen molar-refractivity contribution < 1.29 is 4.79 Å². The fraction of sp³-hybridized carbons (Fsp3) is 0.0952. The minimum Gasteiger partial charge on any atom is -0.322 e. The number of pyridine rings is 1. The van der Waals surface area contributed by atoms with Gasteiger partial charge >= 0.3 is 0 Å². The molecule has 0 radical (unpaired) electrons. The number of aryl methyl sites for hydroxylation is 1. The Morgan fingerprint density at radius 1 is 1.08 bits per heavy atom. The molecule has 0 saturated heterocycles. The van der Waals surface area contributed by atoms with Gasteiger partial charge in [0, 0.05) is 23.0 Å². The molecule has 2 aromatic carbocycles. The molecule has 4 aromatic rings. The second-order valence-corrected chi connectivity index (χ2v) is 6.22. The summed E-state index contributed by atoms with van der Waals surface area (Å²) in [5, 5.41) is 10.9. The second kappa shape index (κ2) is 6.80. The molecule has 5 heteroatoms. The number of nitrogens with one attached hydrogen (secondary N) is 2. The van der Waals surface area contributed by atoms with Crippen LogP contribution in [0.15, 0.2) is 66.9 Å². The van der Waals surface area contributed by atoms with Crippen LogP contribution in [-0.4, -0.2) is 21.1 Å². The standard InChI is InChI=1S/C21H18N4O/c1-14-18-12-17(13-22-20(18)25-24-14)21(26)23-19-10-6-5-9-16(19)11-15-7-3-2-4-8-15/h2-10,12-13H,11H2,1H3,(H,23,26)(H,22,24,25). The van der Waals surface area contributed by atoms with Gasteiger partial charge in [0.25, 0.3) is 5.91 Å². The van der Waals surface area contributed by atoms with Crippen LogP contribution in [0.3, 0.4) is 0 Å². The number of aromatic nitrogens is 3. The zero-order valence-corrected chi connectivity index (χ0v) is 14.4. The van der Waals surface area contributed by atoms with Crippen LogP contribution in [0.4, 0.5) is 5.69 Å². The Kier molecular flexibility index (Phi) is 4.19. The lowest BCUT2D eigenvalue weighted by Gasteiger charge is -2.11. The number of rotatable bonds is 4. The molecule has 0 bridgehead atoms. The van der Waals surface area contributed by atoms with E-state index in [-0.39, 0.29) is 5.91 Å². The molecule has 26 heavy (non-hydrogen) atoms. The van der Waals surface area contributed by atoms with Crippen molar-refractivity contribution in [2.24, 2.45) is 0 Å². The predicted octanol–water partition coefficient (Wildman–Crippen LogP) is 4.11. The Morgan fingerprint density at radius 2 is 1.85 bits per heavy atom. The van der Waals surface area contributed by atoms with E-state index in [1.165, 1.54) is 5.56 Å². The fourth-order valence-corrected chi connectivity index (χ4v) is 2.95. The number of fused-ring (bicyclic) bond motifs is 1. The summed E-state index contributed by atoms with van der Waals surface area (Å²) in [5.41, 5.74) is 5.10. The molecule has 128 valence electrons. The summed E-state index contributed by atoms with van der Waals surface area (Å²) in [7, 11) is 0. The van der Waals surface area contributed by atoms with Gasteiger partial charge in [-0.1, -0.05) is 48.5 Å². The van der Waals surface area contributed by atoms with E-state index < -0.39 is 0 Å². The predicted molar refractivity (Wildman–Crippen MR) is 102 cm³/mol. The minimum absolute atomic E-state index is 0.180. The molecule has 0 aliphatic carbocycles. The summed E-state index contributed by atoms with van der Waals surface area (Å²) in [6.07, 6.45) is 2.31. The Bertz CT molecular complexity index is 1070. The number of hydrogen-bond donors (Lipinski definition) is 2. The smallest absolute Gasteiger partial charge is 0.257 e. The molecule has 0 aliphatic heterocycles. The summed E-state index contributed by atoms with van der Waals surface area (Å²) < 4.78 is 0. The monoisotopic (exact) mass is 342 g/mol. The molecule has 0 atom stereocenters. The number of nitrogens with zero attached hydrogens (tertiary/aromatic N) is 2. The quantitative estimate of drug-likeness (QED) is 0.586. The SMILES string of the molecule is Cc1[nH]nc2ncc(C(=O)Nc3ccccc3Cc3ccccc3)cc12. The number of aromatic amines is 1. The first kappa shape index (κ1) is 16.0. The van der Waals surface area contributed by atoms with Crippen molar-refractivity contribution in [3.63, 3.8) is 0 Å². The van der Waals surface area contributed by atoms with E-state index >= 15 is 0 Å². The maximum atomic E-state index is 12.7. The summed E-state index contributed by atoms with van der Waals surface area (Å²) in [6.45, 7) is 1.91. The largest absolute Gasteiger partial charge is 0.322 e. The third kappa shape index (κ3) is 3.19. The third-order valence-corrected chi connectivity index (χ3v) is 4.37. The van der Waals surface area contributed by atoms with Crippen LogP contribution in [0, 0.1) is 6.92 Å². The van der Waals surface area contributed by atoms with E-state index in [4.69, 9.17) is 0 Å². The molecule has 4 rings (SSSR count). The van der Waals surface area contributed by atoms with Crippen molar-refractivity contribution >= 4 is 22.6 Å². The number of hydrogen-bond acceptors (Lipinski definition) is 3. The molecule has 5 nitrogen and oxygen atoms in total. The molecular formula is C21H18N4O. The minimum atomic E-state index is -0.180. The third-order valence-electron chi connectivity index (χ3n) is 4.37. The van der Waals surface area contributed by atoms with E-state index in [9.17, 15) is 4.79 Å². The van der Waals surface area contributed by atoms with Gasteiger partial charge in [-0.3, -0.25) is 9.89 Å². The number of H-pyrrole nitrogens is 1. The van der Waals surface area contributed by atoms with E-state index in [0.717, 1.165) is 28.8 Å². The van der Waals surface area contributed by atoms with Crippen LogP contribution < -0.4 is 5.32 Å². The normalized spacial score (nSPS) is 10.8. The van der Waals surface area contributed by atoms with E-state index in [1.54, 1.807) is 6.20 Å². The van der Waals surface area contributed by atoms with Gasteiger partial charge in [0.05, 0.1) is 5.56 Å². The summed E-state index contributed by atoms with van der Waals surface area (Å²) in [5.74, 6) is -0.180. The van der Waals surface area contributed by atoms with Gasteiger partial charge in [0.1, 0.15) is 0 Å². The number of para-hydroxylation sites is 1. The van der Waals surface area contributed by atoms with E-state index in [2.05, 4.69) is 32.6 Å². The molecule has 2 heterocycles. The van der Waals surface area contributed by atoms with Crippen LogP contribution in [-0.2, 0) is 6.42 Å². The second-order valence-electron chi connectivity index (χ2n) is 6.22. The van der Waals surface area contributed by atoms with Crippen LogP contribution in [0.5, 0.6) is 0 Å². The van der Waals surface area contributed by atoms with Crippen molar-refractivity contribution in [1.29, 1.82) is 0 Å². The lowest BCUT2D eigenvalue weighted by atomic mass is 10.0. The molecule has 2 aromatic heterocycles. The van der Waals surface area contributed by atoms with Gasteiger partial charge in [-0.15, -0.1) is 0 Å². The highest BCUT2D eigenvalue weighted by molar-refractivity contribution is 6.06. The number of benzene rings is 2. The Balaban J connectivity index is 1.60. The highest BCUT2D eigenvalue weighted by atomic mass is 16.1. The lowest BCUT2D eigenvalue weighted by molar-refractivity contribution is 0.102.